The Morgan fingerprint density at radius 3 is 2.13 bits per heavy atom. The predicted molar refractivity (Wildman–Crippen MR) is 63.0 cm³/mol. The van der Waals surface area contributed by atoms with E-state index in [0.717, 1.165) is 26.2 Å². The Balaban J connectivity index is 2.27. The number of piperazine rings is 1. The Kier molecular flexibility index (Phi) is 4.29. The van der Waals surface area contributed by atoms with Crippen molar-refractivity contribution >= 4 is 5.78 Å². The van der Waals surface area contributed by atoms with Crippen LogP contribution in [0.5, 0.6) is 0 Å². The van der Waals surface area contributed by atoms with E-state index in [0.29, 0.717) is 18.7 Å². The van der Waals surface area contributed by atoms with Gasteiger partial charge in [-0.05, 0) is 12.5 Å². The van der Waals surface area contributed by atoms with Gasteiger partial charge in [0.2, 0.25) is 0 Å². The van der Waals surface area contributed by atoms with E-state index < -0.39 is 0 Å². The number of rotatable bonds is 3. The third-order valence-corrected chi connectivity index (χ3v) is 2.72. The molecule has 1 saturated heterocycles. The fourth-order valence-electron chi connectivity index (χ4n) is 1.90. The zero-order chi connectivity index (χ0) is 11.5. The van der Waals surface area contributed by atoms with E-state index in [-0.39, 0.29) is 5.41 Å². The summed E-state index contributed by atoms with van der Waals surface area (Å²) in [5.74, 6) is 0.382. The molecule has 0 unspecified atom stereocenters. The maximum absolute atomic E-state index is 11.8. The molecule has 0 atom stereocenters. The number of likely N-dealkylation sites (N-methyl/N-ethyl adjacent to an activating group) is 1. The minimum absolute atomic E-state index is 0.129. The average molecular weight is 212 g/mol. The van der Waals surface area contributed by atoms with Crippen LogP contribution in [0, 0.1) is 5.41 Å². The molecule has 0 amide bonds. The van der Waals surface area contributed by atoms with Crippen LogP contribution in [0.15, 0.2) is 0 Å². The van der Waals surface area contributed by atoms with Crippen LogP contribution in [0.2, 0.25) is 0 Å². The molecule has 0 aromatic carbocycles. The Morgan fingerprint density at radius 1 is 1.13 bits per heavy atom. The lowest BCUT2D eigenvalue weighted by Gasteiger charge is -2.32. The van der Waals surface area contributed by atoms with Gasteiger partial charge in [0.05, 0.1) is 6.54 Å². The van der Waals surface area contributed by atoms with Gasteiger partial charge in [0.25, 0.3) is 0 Å². The SMILES string of the molecule is CN1CCN(CC(=O)CC(C)(C)C)CC1. The molecule has 1 aliphatic heterocycles. The van der Waals surface area contributed by atoms with Crippen LogP contribution < -0.4 is 0 Å². The van der Waals surface area contributed by atoms with E-state index in [9.17, 15) is 4.79 Å². The lowest BCUT2D eigenvalue weighted by atomic mass is 9.90. The zero-order valence-corrected chi connectivity index (χ0v) is 10.5. The van der Waals surface area contributed by atoms with E-state index in [1.165, 1.54) is 0 Å². The summed E-state index contributed by atoms with van der Waals surface area (Å²) in [6.45, 7) is 11.2. The first-order chi connectivity index (χ1) is 6.87. The van der Waals surface area contributed by atoms with Crippen molar-refractivity contribution in [1.29, 1.82) is 0 Å². The minimum atomic E-state index is 0.129. The van der Waals surface area contributed by atoms with Crippen molar-refractivity contribution in [1.82, 2.24) is 9.80 Å². The van der Waals surface area contributed by atoms with E-state index >= 15 is 0 Å². The van der Waals surface area contributed by atoms with Gasteiger partial charge in [0.15, 0.2) is 0 Å². The maximum atomic E-state index is 11.8. The van der Waals surface area contributed by atoms with Crippen molar-refractivity contribution in [2.75, 3.05) is 39.8 Å². The highest BCUT2D eigenvalue weighted by Crippen LogP contribution is 2.18. The van der Waals surface area contributed by atoms with Crippen molar-refractivity contribution in [3.63, 3.8) is 0 Å². The van der Waals surface area contributed by atoms with Crippen LogP contribution in [-0.2, 0) is 4.79 Å². The number of nitrogens with zero attached hydrogens (tertiary/aromatic N) is 2. The number of hydrogen-bond acceptors (Lipinski definition) is 3. The number of carbonyl (C=O) groups excluding carboxylic acids is 1. The lowest BCUT2D eigenvalue weighted by molar-refractivity contribution is -0.122. The second-order valence-electron chi connectivity index (χ2n) is 5.86. The molecule has 3 heteroatoms. The first-order valence-electron chi connectivity index (χ1n) is 5.79. The van der Waals surface area contributed by atoms with E-state index in [4.69, 9.17) is 0 Å². The van der Waals surface area contributed by atoms with Crippen molar-refractivity contribution < 1.29 is 4.79 Å². The first kappa shape index (κ1) is 12.7. The third-order valence-electron chi connectivity index (χ3n) is 2.72. The van der Waals surface area contributed by atoms with E-state index in [1.807, 2.05) is 0 Å². The molecule has 0 aliphatic carbocycles. The smallest absolute Gasteiger partial charge is 0.147 e. The monoisotopic (exact) mass is 212 g/mol. The van der Waals surface area contributed by atoms with E-state index in [1.54, 1.807) is 0 Å². The molecule has 0 bridgehead atoms. The summed E-state index contributed by atoms with van der Waals surface area (Å²) in [4.78, 5) is 16.3. The molecule has 0 N–H and O–H groups in total. The number of hydrogen-bond donors (Lipinski definition) is 0. The molecular weight excluding hydrogens is 188 g/mol. The van der Waals surface area contributed by atoms with Crippen LogP contribution in [0.1, 0.15) is 27.2 Å². The van der Waals surface area contributed by atoms with Crippen LogP contribution >= 0.6 is 0 Å². The van der Waals surface area contributed by atoms with Crippen LogP contribution in [0.25, 0.3) is 0 Å². The van der Waals surface area contributed by atoms with Crippen molar-refractivity contribution in [2.45, 2.75) is 27.2 Å². The van der Waals surface area contributed by atoms with E-state index in [2.05, 4.69) is 37.6 Å². The molecule has 3 nitrogen and oxygen atoms in total. The molecule has 1 rings (SSSR count). The Morgan fingerprint density at radius 2 is 1.67 bits per heavy atom. The van der Waals surface area contributed by atoms with Gasteiger partial charge in [-0.2, -0.15) is 0 Å². The zero-order valence-electron chi connectivity index (χ0n) is 10.5. The fraction of sp³-hybridized carbons (Fsp3) is 0.917. The van der Waals surface area contributed by atoms with Crippen LogP contribution in [-0.4, -0.2) is 55.4 Å². The average Bonchev–Trinajstić information content (AvgIpc) is 2.05. The predicted octanol–water partition coefficient (Wildman–Crippen LogP) is 1.24. The molecule has 15 heavy (non-hydrogen) atoms. The fourth-order valence-corrected chi connectivity index (χ4v) is 1.90. The van der Waals surface area contributed by atoms with Gasteiger partial charge < -0.3 is 4.90 Å². The molecule has 0 aromatic rings. The summed E-state index contributed by atoms with van der Waals surface area (Å²) in [5.41, 5.74) is 0.129. The van der Waals surface area contributed by atoms with Crippen LogP contribution in [0.3, 0.4) is 0 Å². The molecule has 0 radical (unpaired) electrons. The third kappa shape index (κ3) is 5.28. The summed E-state index contributed by atoms with van der Waals surface area (Å²) in [5, 5.41) is 0. The Bertz CT molecular complexity index is 212. The van der Waals surface area contributed by atoms with Crippen molar-refractivity contribution in [3.8, 4) is 0 Å². The summed E-state index contributed by atoms with van der Waals surface area (Å²) in [6, 6.07) is 0. The number of ketones is 1. The molecule has 1 heterocycles. The molecular formula is C12H24N2O. The van der Waals surface area contributed by atoms with Gasteiger partial charge >= 0.3 is 0 Å². The highest BCUT2D eigenvalue weighted by molar-refractivity contribution is 5.81. The molecule has 0 aromatic heterocycles. The van der Waals surface area contributed by atoms with Gasteiger partial charge in [-0.3, -0.25) is 9.69 Å². The number of Topliss-reactive ketones (excluding diaryl/α,β-unsaturated/α-hetero) is 1. The molecule has 1 aliphatic rings. The van der Waals surface area contributed by atoms with Gasteiger partial charge in [-0.1, -0.05) is 20.8 Å². The topological polar surface area (TPSA) is 23.6 Å². The lowest BCUT2D eigenvalue weighted by Crippen LogP contribution is -2.46. The van der Waals surface area contributed by atoms with Crippen molar-refractivity contribution in [3.05, 3.63) is 0 Å². The van der Waals surface area contributed by atoms with Crippen LogP contribution in [0.4, 0.5) is 0 Å². The molecule has 0 saturated carbocycles. The maximum Gasteiger partial charge on any atom is 0.147 e. The standard InChI is InChI=1S/C12H24N2O/c1-12(2,3)9-11(15)10-14-7-5-13(4)6-8-14/h5-10H2,1-4H3. The Labute approximate surface area is 93.4 Å². The van der Waals surface area contributed by atoms with Gasteiger partial charge in [0, 0.05) is 32.6 Å². The highest BCUT2D eigenvalue weighted by atomic mass is 16.1. The molecule has 88 valence electrons. The summed E-state index contributed by atoms with van der Waals surface area (Å²) in [6.07, 6.45) is 0.694. The molecule has 0 spiro atoms. The quantitative estimate of drug-likeness (QED) is 0.703. The second kappa shape index (κ2) is 5.08. The Hall–Kier alpha value is -0.410. The minimum Gasteiger partial charge on any atom is -0.304 e. The van der Waals surface area contributed by atoms with Crippen molar-refractivity contribution in [2.24, 2.45) is 5.41 Å². The second-order valence-corrected chi connectivity index (χ2v) is 5.86. The largest absolute Gasteiger partial charge is 0.304 e. The molecule has 1 fully saturated rings. The summed E-state index contributed by atoms with van der Waals surface area (Å²) in [7, 11) is 2.13. The van der Waals surface area contributed by atoms with Gasteiger partial charge in [-0.15, -0.1) is 0 Å². The number of carbonyl (C=O) groups is 1. The van der Waals surface area contributed by atoms with Gasteiger partial charge in [0.1, 0.15) is 5.78 Å². The summed E-state index contributed by atoms with van der Waals surface area (Å²) < 4.78 is 0. The first-order valence-corrected chi connectivity index (χ1v) is 5.79. The summed E-state index contributed by atoms with van der Waals surface area (Å²) >= 11 is 0. The highest BCUT2D eigenvalue weighted by Gasteiger charge is 2.20. The normalized spacial score (nSPS) is 20.5. The van der Waals surface area contributed by atoms with Gasteiger partial charge in [-0.25, -0.2) is 0 Å².